The molecule has 0 spiro atoms. The minimum absolute atomic E-state index is 0.106. The van der Waals surface area contributed by atoms with E-state index in [1.54, 1.807) is 6.20 Å². The molecule has 0 unspecified atom stereocenters. The lowest BCUT2D eigenvalue weighted by atomic mass is 10.1. The normalized spacial score (nSPS) is 17.2. The summed E-state index contributed by atoms with van der Waals surface area (Å²) in [4.78, 5) is 18.5. The van der Waals surface area contributed by atoms with E-state index in [4.69, 9.17) is 0 Å². The van der Waals surface area contributed by atoms with E-state index >= 15 is 0 Å². The van der Waals surface area contributed by atoms with Crippen LogP contribution in [0.4, 0.5) is 0 Å². The predicted molar refractivity (Wildman–Crippen MR) is 72.6 cm³/mol. The van der Waals surface area contributed by atoms with Crippen molar-refractivity contribution >= 4 is 5.91 Å². The molecule has 0 atom stereocenters. The third-order valence-electron chi connectivity index (χ3n) is 3.85. The number of rotatable bonds is 2. The third kappa shape index (κ3) is 3.09. The predicted octanol–water partition coefficient (Wildman–Crippen LogP) is 3.18. The lowest BCUT2D eigenvalue weighted by molar-refractivity contribution is 0.0717. The summed E-state index contributed by atoms with van der Waals surface area (Å²) in [6.07, 6.45) is 9.08. The Morgan fingerprint density at radius 1 is 1.22 bits per heavy atom. The van der Waals surface area contributed by atoms with Crippen LogP contribution in [-0.2, 0) is 0 Å². The summed E-state index contributed by atoms with van der Waals surface area (Å²) in [5.41, 5.74) is 1.65. The van der Waals surface area contributed by atoms with E-state index in [1.165, 1.54) is 25.7 Å². The van der Waals surface area contributed by atoms with Gasteiger partial charge in [0.15, 0.2) is 0 Å². The van der Waals surface area contributed by atoms with Crippen LogP contribution in [0.2, 0.25) is 0 Å². The van der Waals surface area contributed by atoms with Gasteiger partial charge in [0.25, 0.3) is 5.91 Å². The molecule has 0 aromatic carbocycles. The van der Waals surface area contributed by atoms with E-state index in [0.717, 1.165) is 18.5 Å². The van der Waals surface area contributed by atoms with Gasteiger partial charge in [0, 0.05) is 25.0 Å². The van der Waals surface area contributed by atoms with Gasteiger partial charge in [0.1, 0.15) is 0 Å². The number of hydrogen-bond acceptors (Lipinski definition) is 2. The number of carbonyl (C=O) groups is 1. The van der Waals surface area contributed by atoms with E-state index < -0.39 is 0 Å². The average Bonchev–Trinajstić information content (AvgIpc) is 2.67. The Balaban J connectivity index is 2.05. The highest BCUT2D eigenvalue weighted by Crippen LogP contribution is 2.22. The monoisotopic (exact) mass is 246 g/mol. The average molecular weight is 246 g/mol. The maximum atomic E-state index is 12.4. The maximum absolute atomic E-state index is 12.4. The molecule has 2 rings (SSSR count). The van der Waals surface area contributed by atoms with Crippen LogP contribution >= 0.6 is 0 Å². The number of amides is 1. The largest absolute Gasteiger partial charge is 0.339 e. The Kier molecular flexibility index (Phi) is 4.34. The van der Waals surface area contributed by atoms with Gasteiger partial charge >= 0.3 is 0 Å². The quantitative estimate of drug-likeness (QED) is 0.751. The Morgan fingerprint density at radius 3 is 2.44 bits per heavy atom. The van der Waals surface area contributed by atoms with E-state index in [1.807, 2.05) is 31.0 Å². The minimum atomic E-state index is 0.106. The Hall–Kier alpha value is -1.38. The van der Waals surface area contributed by atoms with Gasteiger partial charge in [-0.3, -0.25) is 9.78 Å². The summed E-state index contributed by atoms with van der Waals surface area (Å²) in [5.74, 6) is 0.106. The standard InChI is InChI=1S/C15H22N2O/c1-12-9-10-13(11-16-12)15(18)17(2)14-7-5-3-4-6-8-14/h9-11,14H,3-8H2,1-2H3. The Bertz CT molecular complexity index is 391. The SMILES string of the molecule is Cc1ccc(C(=O)N(C)C2CCCCCC2)cn1. The Labute approximate surface area is 109 Å². The molecule has 18 heavy (non-hydrogen) atoms. The van der Waals surface area contributed by atoms with Gasteiger partial charge in [-0.15, -0.1) is 0 Å². The van der Waals surface area contributed by atoms with Crippen molar-refractivity contribution in [1.29, 1.82) is 0 Å². The lowest BCUT2D eigenvalue weighted by Crippen LogP contribution is -2.36. The topological polar surface area (TPSA) is 33.2 Å². The first kappa shape index (κ1) is 13.1. The summed E-state index contributed by atoms with van der Waals surface area (Å²) < 4.78 is 0. The molecule has 0 radical (unpaired) electrons. The van der Waals surface area contributed by atoms with E-state index in [2.05, 4.69) is 4.98 Å². The molecule has 3 nitrogen and oxygen atoms in total. The van der Waals surface area contributed by atoms with Crippen LogP contribution < -0.4 is 0 Å². The molecule has 1 aromatic rings. The molecule has 1 heterocycles. The number of hydrogen-bond donors (Lipinski definition) is 0. The highest BCUT2D eigenvalue weighted by atomic mass is 16.2. The van der Waals surface area contributed by atoms with Crippen molar-refractivity contribution in [1.82, 2.24) is 9.88 Å². The summed E-state index contributed by atoms with van der Waals surface area (Å²) in [6.45, 7) is 1.93. The zero-order valence-corrected chi connectivity index (χ0v) is 11.4. The molecule has 1 aliphatic rings. The molecule has 1 aliphatic carbocycles. The number of aryl methyl sites for hydroxylation is 1. The van der Waals surface area contributed by atoms with E-state index in [-0.39, 0.29) is 5.91 Å². The van der Waals surface area contributed by atoms with Crippen LogP contribution in [-0.4, -0.2) is 28.9 Å². The van der Waals surface area contributed by atoms with Gasteiger partial charge in [-0.05, 0) is 31.9 Å². The zero-order valence-electron chi connectivity index (χ0n) is 11.4. The van der Waals surface area contributed by atoms with Gasteiger partial charge in [0.2, 0.25) is 0 Å². The highest BCUT2D eigenvalue weighted by molar-refractivity contribution is 5.93. The van der Waals surface area contributed by atoms with Crippen molar-refractivity contribution in [2.45, 2.75) is 51.5 Å². The Morgan fingerprint density at radius 2 is 1.89 bits per heavy atom. The molecule has 0 N–H and O–H groups in total. The van der Waals surface area contributed by atoms with Crippen molar-refractivity contribution in [3.8, 4) is 0 Å². The van der Waals surface area contributed by atoms with Crippen LogP contribution in [0, 0.1) is 6.92 Å². The van der Waals surface area contributed by atoms with Crippen LogP contribution in [0.5, 0.6) is 0 Å². The molecule has 3 heteroatoms. The molecular formula is C15H22N2O. The van der Waals surface area contributed by atoms with Gasteiger partial charge < -0.3 is 4.90 Å². The first-order valence-corrected chi connectivity index (χ1v) is 6.88. The van der Waals surface area contributed by atoms with Crippen LogP contribution in [0.25, 0.3) is 0 Å². The number of nitrogens with zero attached hydrogens (tertiary/aromatic N) is 2. The van der Waals surface area contributed by atoms with Gasteiger partial charge in [-0.25, -0.2) is 0 Å². The fraction of sp³-hybridized carbons (Fsp3) is 0.600. The summed E-state index contributed by atoms with van der Waals surface area (Å²) >= 11 is 0. The van der Waals surface area contributed by atoms with E-state index in [9.17, 15) is 4.79 Å². The van der Waals surface area contributed by atoms with Crippen LogP contribution in [0.1, 0.15) is 54.6 Å². The minimum Gasteiger partial charge on any atom is -0.339 e. The van der Waals surface area contributed by atoms with Crippen molar-refractivity contribution in [3.63, 3.8) is 0 Å². The second-order valence-electron chi connectivity index (χ2n) is 5.25. The van der Waals surface area contributed by atoms with Crippen molar-refractivity contribution in [2.75, 3.05) is 7.05 Å². The van der Waals surface area contributed by atoms with Gasteiger partial charge in [-0.2, -0.15) is 0 Å². The fourth-order valence-electron chi connectivity index (χ4n) is 2.61. The summed E-state index contributed by atoms with van der Waals surface area (Å²) in [7, 11) is 1.93. The third-order valence-corrected chi connectivity index (χ3v) is 3.85. The van der Waals surface area contributed by atoms with Gasteiger partial charge in [0.05, 0.1) is 5.56 Å². The lowest BCUT2D eigenvalue weighted by Gasteiger charge is -2.27. The second kappa shape index (κ2) is 5.98. The molecule has 1 amide bonds. The number of carbonyl (C=O) groups excluding carboxylic acids is 1. The van der Waals surface area contributed by atoms with Crippen molar-refractivity contribution < 1.29 is 4.79 Å². The highest BCUT2D eigenvalue weighted by Gasteiger charge is 2.22. The molecule has 98 valence electrons. The summed E-state index contributed by atoms with van der Waals surface area (Å²) in [6, 6.07) is 4.17. The summed E-state index contributed by atoms with van der Waals surface area (Å²) in [5, 5.41) is 0. The van der Waals surface area contributed by atoms with Gasteiger partial charge in [-0.1, -0.05) is 25.7 Å². The van der Waals surface area contributed by atoms with Crippen molar-refractivity contribution in [3.05, 3.63) is 29.6 Å². The van der Waals surface area contributed by atoms with Crippen LogP contribution in [0.3, 0.4) is 0 Å². The molecule has 1 aromatic heterocycles. The van der Waals surface area contributed by atoms with E-state index in [0.29, 0.717) is 11.6 Å². The number of pyridine rings is 1. The second-order valence-corrected chi connectivity index (χ2v) is 5.25. The molecule has 1 fully saturated rings. The van der Waals surface area contributed by atoms with Crippen LogP contribution in [0.15, 0.2) is 18.3 Å². The molecule has 0 aliphatic heterocycles. The maximum Gasteiger partial charge on any atom is 0.255 e. The molecule has 0 bridgehead atoms. The zero-order chi connectivity index (χ0) is 13.0. The smallest absolute Gasteiger partial charge is 0.255 e. The van der Waals surface area contributed by atoms with Crippen molar-refractivity contribution in [2.24, 2.45) is 0 Å². The fourth-order valence-corrected chi connectivity index (χ4v) is 2.61. The number of aromatic nitrogens is 1. The first-order chi connectivity index (χ1) is 8.68. The molecular weight excluding hydrogens is 224 g/mol. The molecule has 1 saturated carbocycles. The molecule has 0 saturated heterocycles. The first-order valence-electron chi connectivity index (χ1n) is 6.88.